The summed E-state index contributed by atoms with van der Waals surface area (Å²) in [5.74, 6) is 0.859. The van der Waals surface area contributed by atoms with E-state index in [0.29, 0.717) is 0 Å². The molecule has 0 heterocycles. The predicted octanol–water partition coefficient (Wildman–Crippen LogP) is 2.62. The van der Waals surface area contributed by atoms with Crippen molar-refractivity contribution in [3.63, 3.8) is 0 Å². The molecule has 0 saturated heterocycles. The molecule has 0 saturated carbocycles. The van der Waals surface area contributed by atoms with Crippen LogP contribution in [0.1, 0.15) is 13.8 Å². The minimum absolute atomic E-state index is 0.00222. The van der Waals surface area contributed by atoms with Crippen molar-refractivity contribution in [2.24, 2.45) is 0 Å². The first-order valence-electron chi connectivity index (χ1n) is 6.38. The van der Waals surface area contributed by atoms with Crippen LogP contribution in [-0.4, -0.2) is 51.2 Å². The molecule has 0 aliphatic heterocycles. The van der Waals surface area contributed by atoms with Gasteiger partial charge in [-0.3, -0.25) is 4.57 Å². The lowest BCUT2D eigenvalue weighted by atomic mass is 10.4. The van der Waals surface area contributed by atoms with Gasteiger partial charge in [-0.25, -0.2) is 0 Å². The minimum Gasteiger partial charge on any atom is -0.364 e. The van der Waals surface area contributed by atoms with Crippen molar-refractivity contribution in [1.29, 1.82) is 5.26 Å². The number of nitriles is 1. The van der Waals surface area contributed by atoms with Gasteiger partial charge < -0.3 is 18.8 Å². The third kappa shape index (κ3) is 5.38. The molecule has 7 heteroatoms. The number of nitrogens with zero attached hydrogens (tertiary/aromatic N) is 3. The quantitative estimate of drug-likeness (QED) is 0.390. The molecule has 0 radical (unpaired) electrons. The summed E-state index contributed by atoms with van der Waals surface area (Å²) in [5.41, 5.74) is 0. The van der Waals surface area contributed by atoms with Gasteiger partial charge in [-0.05, 0) is 26.0 Å². The maximum absolute atomic E-state index is 12.5. The van der Waals surface area contributed by atoms with Gasteiger partial charge in [0.15, 0.2) is 0 Å². The van der Waals surface area contributed by atoms with E-state index < -0.39 is 7.60 Å². The van der Waals surface area contributed by atoms with Crippen LogP contribution >= 0.6 is 7.60 Å². The Kier molecular flexibility index (Phi) is 8.24. The molecule has 0 atom stereocenters. The lowest BCUT2D eigenvalue weighted by Gasteiger charge is -2.24. The van der Waals surface area contributed by atoms with Gasteiger partial charge >= 0.3 is 7.60 Å². The highest BCUT2D eigenvalue weighted by Crippen LogP contribution is 2.55. The maximum Gasteiger partial charge on any atom is 0.371 e. The van der Waals surface area contributed by atoms with Gasteiger partial charge in [0, 0.05) is 28.2 Å². The fraction of sp³-hybridized carbons (Fsp3) is 0.615. The van der Waals surface area contributed by atoms with E-state index in [1.54, 1.807) is 19.9 Å². The average Bonchev–Trinajstić information content (AvgIpc) is 2.33. The Balaban J connectivity index is 5.54. The second kappa shape index (κ2) is 8.80. The van der Waals surface area contributed by atoms with Crippen molar-refractivity contribution in [2.45, 2.75) is 13.8 Å². The van der Waals surface area contributed by atoms with Crippen LogP contribution in [0.3, 0.4) is 0 Å². The highest BCUT2D eigenvalue weighted by Gasteiger charge is 2.29. The molecule has 20 heavy (non-hydrogen) atoms. The average molecular weight is 301 g/mol. The van der Waals surface area contributed by atoms with Crippen LogP contribution in [0.5, 0.6) is 0 Å². The van der Waals surface area contributed by atoms with Gasteiger partial charge in [0.1, 0.15) is 17.2 Å². The molecule has 6 nitrogen and oxygen atoms in total. The number of allylic oxidation sites excluding steroid dienone is 3. The summed E-state index contributed by atoms with van der Waals surface area (Å²) in [6, 6.07) is 1.91. The zero-order valence-electron chi connectivity index (χ0n) is 13.1. The van der Waals surface area contributed by atoms with E-state index in [1.807, 2.05) is 44.1 Å². The molecular weight excluding hydrogens is 277 g/mol. The topological polar surface area (TPSA) is 65.8 Å². The Morgan fingerprint density at radius 2 is 1.55 bits per heavy atom. The summed E-state index contributed by atoms with van der Waals surface area (Å²) in [4.78, 5) is 3.77. The molecule has 0 aliphatic carbocycles. The zero-order valence-corrected chi connectivity index (χ0v) is 14.0. The van der Waals surface area contributed by atoms with Gasteiger partial charge in [-0.1, -0.05) is 0 Å². The summed E-state index contributed by atoms with van der Waals surface area (Å²) < 4.78 is 22.8. The predicted molar refractivity (Wildman–Crippen MR) is 80.0 cm³/mol. The maximum atomic E-state index is 12.5. The lowest BCUT2D eigenvalue weighted by Crippen LogP contribution is -2.24. The van der Waals surface area contributed by atoms with Crippen molar-refractivity contribution >= 4 is 7.60 Å². The molecular formula is C13H24N3O3P. The third-order valence-electron chi connectivity index (χ3n) is 2.31. The summed E-state index contributed by atoms with van der Waals surface area (Å²) in [7, 11) is 4.01. The van der Waals surface area contributed by atoms with E-state index in [-0.39, 0.29) is 18.5 Å². The summed E-state index contributed by atoms with van der Waals surface area (Å²) in [6.07, 6.45) is 3.20. The molecule has 0 aromatic heterocycles. The molecule has 0 rings (SSSR count). The van der Waals surface area contributed by atoms with E-state index in [9.17, 15) is 9.83 Å². The molecule has 0 bridgehead atoms. The lowest BCUT2D eigenvalue weighted by molar-refractivity contribution is 0.227. The van der Waals surface area contributed by atoms with Crippen molar-refractivity contribution in [3.05, 3.63) is 23.3 Å². The molecule has 0 spiro atoms. The van der Waals surface area contributed by atoms with Crippen LogP contribution < -0.4 is 0 Å². The largest absolute Gasteiger partial charge is 0.371 e. The molecule has 0 fully saturated rings. The standard InChI is InChI=1S/C13H24N3O3P/c1-7-18-20(17,19-8-2)12(11-14)9-10-13(15(3)4)16(5)6/h9-10H,7-8H2,1-6H3/b12-9-. The molecule has 114 valence electrons. The van der Waals surface area contributed by atoms with Gasteiger partial charge in [0.25, 0.3) is 0 Å². The Hall–Kier alpha value is -1.28. The fourth-order valence-corrected chi connectivity index (χ4v) is 2.97. The Morgan fingerprint density at radius 1 is 1.10 bits per heavy atom. The SMILES string of the molecule is CCOP(=O)(OCC)/C(C#N)=C\C=C(N(C)C)N(C)C. The first-order valence-corrected chi connectivity index (χ1v) is 7.93. The van der Waals surface area contributed by atoms with Crippen LogP contribution in [0.25, 0.3) is 0 Å². The van der Waals surface area contributed by atoms with Crippen LogP contribution in [0.2, 0.25) is 0 Å². The van der Waals surface area contributed by atoms with Gasteiger partial charge in [0.2, 0.25) is 0 Å². The van der Waals surface area contributed by atoms with E-state index >= 15 is 0 Å². The minimum atomic E-state index is -3.53. The number of hydrogen-bond acceptors (Lipinski definition) is 6. The molecule has 0 aromatic carbocycles. The van der Waals surface area contributed by atoms with Crippen molar-refractivity contribution in [2.75, 3.05) is 41.4 Å². The van der Waals surface area contributed by atoms with Gasteiger partial charge in [-0.2, -0.15) is 5.26 Å². The van der Waals surface area contributed by atoms with E-state index in [0.717, 1.165) is 5.82 Å². The smallest absolute Gasteiger partial charge is 0.364 e. The normalized spacial score (nSPS) is 11.8. The number of rotatable bonds is 8. The first kappa shape index (κ1) is 18.7. The zero-order chi connectivity index (χ0) is 15.8. The van der Waals surface area contributed by atoms with Crippen LogP contribution in [0.15, 0.2) is 23.3 Å². The first-order chi connectivity index (χ1) is 9.32. The van der Waals surface area contributed by atoms with Gasteiger partial charge in [0.05, 0.1) is 13.2 Å². The molecule has 0 N–H and O–H groups in total. The summed E-state index contributed by atoms with van der Waals surface area (Å²) >= 11 is 0. The van der Waals surface area contributed by atoms with E-state index in [2.05, 4.69) is 0 Å². The van der Waals surface area contributed by atoms with Crippen LogP contribution in [0, 0.1) is 11.3 Å². The monoisotopic (exact) mass is 301 g/mol. The third-order valence-corrected chi connectivity index (χ3v) is 4.35. The van der Waals surface area contributed by atoms with Crippen molar-refractivity contribution < 1.29 is 13.6 Å². The Morgan fingerprint density at radius 3 is 1.85 bits per heavy atom. The van der Waals surface area contributed by atoms with E-state index in [1.165, 1.54) is 6.08 Å². The summed E-state index contributed by atoms with van der Waals surface area (Å²) in [5, 5.41) is 9.20. The molecule has 0 aromatic rings. The van der Waals surface area contributed by atoms with Crippen molar-refractivity contribution in [3.8, 4) is 6.07 Å². The van der Waals surface area contributed by atoms with Crippen LogP contribution in [0.4, 0.5) is 0 Å². The Labute approximate surface area is 121 Å². The highest BCUT2D eigenvalue weighted by molar-refractivity contribution is 7.58. The molecule has 0 aliphatic rings. The molecule has 0 amide bonds. The fourth-order valence-electron chi connectivity index (χ4n) is 1.56. The van der Waals surface area contributed by atoms with Crippen LogP contribution in [-0.2, 0) is 13.6 Å². The van der Waals surface area contributed by atoms with Gasteiger partial charge in [-0.15, -0.1) is 0 Å². The second-order valence-electron chi connectivity index (χ2n) is 4.31. The van der Waals surface area contributed by atoms with E-state index in [4.69, 9.17) is 9.05 Å². The Bertz CT molecular complexity index is 430. The van der Waals surface area contributed by atoms with Crippen molar-refractivity contribution in [1.82, 2.24) is 9.80 Å². The highest BCUT2D eigenvalue weighted by atomic mass is 31.2. The molecule has 0 unspecified atom stereocenters. The number of hydrogen-bond donors (Lipinski definition) is 0. The second-order valence-corrected chi connectivity index (χ2v) is 6.30. The summed E-state index contributed by atoms with van der Waals surface area (Å²) in [6.45, 7) is 3.85.